The van der Waals surface area contributed by atoms with Crippen LogP contribution in [0.5, 0.6) is 0 Å². The molecule has 1 aliphatic rings. The van der Waals surface area contributed by atoms with Crippen molar-refractivity contribution in [3.8, 4) is 0 Å². The lowest BCUT2D eigenvalue weighted by Crippen LogP contribution is -2.41. The van der Waals surface area contributed by atoms with Gasteiger partial charge in [-0.25, -0.2) is 12.8 Å². The van der Waals surface area contributed by atoms with Crippen molar-refractivity contribution in [1.82, 2.24) is 9.62 Å². The number of anilines is 1. The maximum absolute atomic E-state index is 13.4. The van der Waals surface area contributed by atoms with Gasteiger partial charge in [0.25, 0.3) is 5.91 Å². The molecule has 10 heteroatoms. The highest BCUT2D eigenvalue weighted by Gasteiger charge is 2.32. The molecule has 0 radical (unpaired) electrons. The van der Waals surface area contributed by atoms with E-state index in [1.54, 1.807) is 24.3 Å². The van der Waals surface area contributed by atoms with Gasteiger partial charge >= 0.3 is 0 Å². The molecule has 1 aliphatic heterocycles. The minimum Gasteiger partial charge on any atom is -0.352 e. The molecule has 0 aromatic heterocycles. The lowest BCUT2D eigenvalue weighted by Gasteiger charge is -2.30. The summed E-state index contributed by atoms with van der Waals surface area (Å²) in [5.41, 5.74) is 0.963. The standard InChI is InChI=1S/C22H25ClFN3O4S/c1-2-10-25-21(28)16-4-3-5-17(13-16)26-22(29)15-8-11-27(12-9-15)32(30,31)18-6-7-20(24)19(23)14-18/h3-7,13-15H,2,8-12H2,1H3,(H,25,28)(H,26,29). The lowest BCUT2D eigenvalue weighted by atomic mass is 9.97. The van der Waals surface area contributed by atoms with Crippen LogP contribution in [0, 0.1) is 11.7 Å². The van der Waals surface area contributed by atoms with Crippen molar-refractivity contribution in [2.24, 2.45) is 5.92 Å². The number of carbonyl (C=O) groups excluding carboxylic acids is 2. The van der Waals surface area contributed by atoms with E-state index in [0.717, 1.165) is 18.6 Å². The van der Waals surface area contributed by atoms with Crippen LogP contribution in [0.2, 0.25) is 5.02 Å². The van der Waals surface area contributed by atoms with E-state index in [1.165, 1.54) is 10.4 Å². The second-order valence-corrected chi connectivity index (χ2v) is 9.93. The van der Waals surface area contributed by atoms with Crippen molar-refractivity contribution in [3.63, 3.8) is 0 Å². The van der Waals surface area contributed by atoms with Crippen LogP contribution in [-0.4, -0.2) is 44.2 Å². The fraction of sp³-hybridized carbons (Fsp3) is 0.364. The first-order valence-electron chi connectivity index (χ1n) is 10.4. The minimum atomic E-state index is -3.83. The number of nitrogens with zero attached hydrogens (tertiary/aromatic N) is 1. The average molecular weight is 482 g/mol. The number of sulfonamides is 1. The van der Waals surface area contributed by atoms with E-state index in [-0.39, 0.29) is 40.7 Å². The van der Waals surface area contributed by atoms with Crippen LogP contribution in [0.4, 0.5) is 10.1 Å². The number of hydrogen-bond donors (Lipinski definition) is 2. The zero-order chi connectivity index (χ0) is 23.3. The maximum atomic E-state index is 13.4. The Balaban J connectivity index is 1.60. The third kappa shape index (κ3) is 5.65. The van der Waals surface area contributed by atoms with Crippen LogP contribution < -0.4 is 10.6 Å². The molecular formula is C22H25ClFN3O4S. The predicted molar refractivity (Wildman–Crippen MR) is 121 cm³/mol. The van der Waals surface area contributed by atoms with Gasteiger partial charge in [-0.15, -0.1) is 0 Å². The summed E-state index contributed by atoms with van der Waals surface area (Å²) in [4.78, 5) is 24.7. The van der Waals surface area contributed by atoms with Gasteiger partial charge in [-0.2, -0.15) is 4.31 Å². The van der Waals surface area contributed by atoms with Gasteiger partial charge < -0.3 is 10.6 Å². The van der Waals surface area contributed by atoms with Gasteiger partial charge in [0, 0.05) is 36.8 Å². The number of benzene rings is 2. The molecule has 2 amide bonds. The van der Waals surface area contributed by atoms with Crippen LogP contribution >= 0.6 is 11.6 Å². The molecule has 3 rings (SSSR count). The fourth-order valence-electron chi connectivity index (χ4n) is 3.47. The van der Waals surface area contributed by atoms with E-state index in [1.807, 2.05) is 6.92 Å². The quantitative estimate of drug-likeness (QED) is 0.630. The van der Waals surface area contributed by atoms with Gasteiger partial charge in [-0.3, -0.25) is 9.59 Å². The Hall–Kier alpha value is -2.49. The fourth-order valence-corrected chi connectivity index (χ4v) is 5.21. The van der Waals surface area contributed by atoms with Crippen molar-refractivity contribution >= 4 is 39.1 Å². The molecule has 32 heavy (non-hydrogen) atoms. The van der Waals surface area contributed by atoms with Crippen LogP contribution in [0.25, 0.3) is 0 Å². The molecule has 2 aromatic rings. The van der Waals surface area contributed by atoms with Gasteiger partial charge in [-0.05, 0) is 55.7 Å². The Morgan fingerprint density at radius 3 is 2.53 bits per heavy atom. The predicted octanol–water partition coefficient (Wildman–Crippen LogP) is 3.66. The monoisotopic (exact) mass is 481 g/mol. The summed E-state index contributed by atoms with van der Waals surface area (Å²) < 4.78 is 40.2. The summed E-state index contributed by atoms with van der Waals surface area (Å²) in [7, 11) is -3.83. The number of rotatable bonds is 7. The number of carbonyl (C=O) groups is 2. The van der Waals surface area contributed by atoms with Crippen molar-refractivity contribution < 1.29 is 22.4 Å². The smallest absolute Gasteiger partial charge is 0.251 e. The molecule has 0 saturated carbocycles. The molecule has 0 bridgehead atoms. The third-order valence-electron chi connectivity index (χ3n) is 5.28. The highest BCUT2D eigenvalue weighted by atomic mass is 35.5. The molecule has 1 saturated heterocycles. The topological polar surface area (TPSA) is 95.6 Å². The van der Waals surface area contributed by atoms with E-state index in [0.29, 0.717) is 30.6 Å². The number of piperidine rings is 1. The highest BCUT2D eigenvalue weighted by molar-refractivity contribution is 7.89. The largest absolute Gasteiger partial charge is 0.352 e. The van der Waals surface area contributed by atoms with E-state index >= 15 is 0 Å². The molecule has 2 aromatic carbocycles. The molecule has 1 fully saturated rings. The second-order valence-electron chi connectivity index (χ2n) is 7.58. The van der Waals surface area contributed by atoms with Crippen LogP contribution in [0.1, 0.15) is 36.5 Å². The number of amides is 2. The van der Waals surface area contributed by atoms with Gasteiger partial charge in [0.1, 0.15) is 5.82 Å². The van der Waals surface area contributed by atoms with E-state index in [4.69, 9.17) is 11.6 Å². The molecule has 0 atom stereocenters. The summed E-state index contributed by atoms with van der Waals surface area (Å²) in [5, 5.41) is 5.35. The molecule has 2 N–H and O–H groups in total. The first kappa shape index (κ1) is 24.2. The van der Waals surface area contributed by atoms with Crippen molar-refractivity contribution in [2.45, 2.75) is 31.1 Å². The first-order valence-corrected chi connectivity index (χ1v) is 12.2. The third-order valence-corrected chi connectivity index (χ3v) is 7.47. The van der Waals surface area contributed by atoms with Gasteiger partial charge in [0.15, 0.2) is 0 Å². The Morgan fingerprint density at radius 1 is 1.16 bits per heavy atom. The number of halogens is 2. The molecule has 0 aliphatic carbocycles. The Morgan fingerprint density at radius 2 is 1.88 bits per heavy atom. The zero-order valence-corrected chi connectivity index (χ0v) is 19.2. The second kappa shape index (κ2) is 10.4. The minimum absolute atomic E-state index is 0.0787. The molecule has 0 unspecified atom stereocenters. The van der Waals surface area contributed by atoms with E-state index in [2.05, 4.69) is 10.6 Å². The summed E-state index contributed by atoms with van der Waals surface area (Å²) in [6.07, 6.45) is 1.51. The van der Waals surface area contributed by atoms with Crippen molar-refractivity contribution in [3.05, 3.63) is 58.9 Å². The van der Waals surface area contributed by atoms with Crippen LogP contribution in [0.3, 0.4) is 0 Å². The average Bonchev–Trinajstić information content (AvgIpc) is 2.79. The zero-order valence-electron chi connectivity index (χ0n) is 17.6. The molecular weight excluding hydrogens is 457 g/mol. The molecule has 7 nitrogen and oxygen atoms in total. The summed E-state index contributed by atoms with van der Waals surface area (Å²) in [5.74, 6) is -1.48. The SMILES string of the molecule is CCCNC(=O)c1cccc(NC(=O)C2CCN(S(=O)(=O)c3ccc(F)c(Cl)c3)CC2)c1. The van der Waals surface area contributed by atoms with E-state index in [9.17, 15) is 22.4 Å². The molecule has 172 valence electrons. The normalized spacial score (nSPS) is 15.3. The lowest BCUT2D eigenvalue weighted by molar-refractivity contribution is -0.120. The maximum Gasteiger partial charge on any atom is 0.251 e. The Kier molecular flexibility index (Phi) is 7.86. The van der Waals surface area contributed by atoms with Gasteiger partial charge in [-0.1, -0.05) is 24.6 Å². The Bertz CT molecular complexity index is 1100. The summed E-state index contributed by atoms with van der Waals surface area (Å²) in [6.45, 7) is 2.85. The number of hydrogen-bond acceptors (Lipinski definition) is 4. The van der Waals surface area contributed by atoms with Gasteiger partial charge in [0.2, 0.25) is 15.9 Å². The molecule has 0 spiro atoms. The van der Waals surface area contributed by atoms with Crippen LogP contribution in [0.15, 0.2) is 47.4 Å². The first-order chi connectivity index (χ1) is 15.2. The van der Waals surface area contributed by atoms with E-state index < -0.39 is 15.8 Å². The summed E-state index contributed by atoms with van der Waals surface area (Å²) in [6, 6.07) is 9.97. The highest BCUT2D eigenvalue weighted by Crippen LogP contribution is 2.27. The Labute approximate surface area is 192 Å². The van der Waals surface area contributed by atoms with Crippen LogP contribution in [-0.2, 0) is 14.8 Å². The van der Waals surface area contributed by atoms with Crippen molar-refractivity contribution in [1.29, 1.82) is 0 Å². The van der Waals surface area contributed by atoms with Crippen molar-refractivity contribution in [2.75, 3.05) is 25.0 Å². The molecule has 1 heterocycles. The number of nitrogens with one attached hydrogen (secondary N) is 2. The summed E-state index contributed by atoms with van der Waals surface area (Å²) >= 11 is 5.72. The van der Waals surface area contributed by atoms with Gasteiger partial charge in [0.05, 0.1) is 9.92 Å².